The Hall–Kier alpha value is 0.350. The van der Waals surface area contributed by atoms with Gasteiger partial charge in [-0.1, -0.05) is 117 Å². The van der Waals surface area contributed by atoms with Gasteiger partial charge in [0.15, 0.2) is 0 Å². The van der Waals surface area contributed by atoms with Crippen LogP contribution in [0.5, 0.6) is 0 Å². The van der Waals surface area contributed by atoms with E-state index in [1.54, 1.807) is 0 Å². The van der Waals surface area contributed by atoms with Crippen molar-refractivity contribution < 1.29 is 0 Å². The van der Waals surface area contributed by atoms with Gasteiger partial charge in [-0.15, -0.1) is 0 Å². The van der Waals surface area contributed by atoms with Crippen LogP contribution in [0.4, 0.5) is 0 Å². The maximum absolute atomic E-state index is 4.58. The van der Waals surface area contributed by atoms with Crippen LogP contribution in [0.3, 0.4) is 0 Å². The summed E-state index contributed by atoms with van der Waals surface area (Å²) in [6.07, 6.45) is 25.9. The highest BCUT2D eigenvalue weighted by Gasteiger charge is 2.06. The van der Waals surface area contributed by atoms with Crippen LogP contribution < -0.4 is 0 Å². The van der Waals surface area contributed by atoms with E-state index in [0.717, 1.165) is 11.7 Å². The summed E-state index contributed by atoms with van der Waals surface area (Å²) in [7, 11) is 0. The summed E-state index contributed by atoms with van der Waals surface area (Å²) < 4.78 is 0. The normalized spacial score (nSPS) is 11.5. The fourth-order valence-corrected chi connectivity index (χ4v) is 3.83. The predicted molar refractivity (Wildman–Crippen MR) is 112 cm³/mol. The van der Waals surface area contributed by atoms with Gasteiger partial charge in [0.1, 0.15) is 0 Å². The Balaban J connectivity index is 3.29. The molecule has 0 saturated carbocycles. The SMILES string of the molecule is CCCCCCCCCCC(CS)CCCCCCCCCC. The molecule has 0 aromatic rings. The fraction of sp³-hybridized carbons (Fsp3) is 1.00. The Morgan fingerprint density at radius 2 is 0.783 bits per heavy atom. The lowest BCUT2D eigenvalue weighted by atomic mass is 9.95. The molecule has 0 bridgehead atoms. The minimum atomic E-state index is 0.888. The van der Waals surface area contributed by atoms with Crippen LogP contribution in [-0.2, 0) is 0 Å². The van der Waals surface area contributed by atoms with Crippen molar-refractivity contribution >= 4 is 12.6 Å². The van der Waals surface area contributed by atoms with Crippen LogP contribution in [0.15, 0.2) is 0 Å². The molecule has 0 aliphatic rings. The Labute approximate surface area is 154 Å². The summed E-state index contributed by atoms with van der Waals surface area (Å²) in [6.45, 7) is 4.59. The van der Waals surface area contributed by atoms with Crippen molar-refractivity contribution in [2.45, 2.75) is 129 Å². The molecule has 0 aliphatic heterocycles. The first-order valence-electron chi connectivity index (χ1n) is 11.0. The summed E-state index contributed by atoms with van der Waals surface area (Å²) in [5.74, 6) is 1.99. The molecule has 140 valence electrons. The van der Waals surface area contributed by atoms with Crippen LogP contribution >= 0.6 is 12.6 Å². The van der Waals surface area contributed by atoms with Gasteiger partial charge in [0.05, 0.1) is 0 Å². The highest BCUT2D eigenvalue weighted by atomic mass is 32.1. The summed E-state index contributed by atoms with van der Waals surface area (Å²) >= 11 is 4.58. The molecule has 0 atom stereocenters. The van der Waals surface area contributed by atoms with Gasteiger partial charge in [-0.2, -0.15) is 12.6 Å². The molecule has 1 heteroatoms. The predicted octanol–water partition coefficient (Wildman–Crippen LogP) is 8.59. The molecule has 0 amide bonds. The average molecular weight is 343 g/mol. The fourth-order valence-electron chi connectivity index (χ4n) is 3.46. The van der Waals surface area contributed by atoms with E-state index in [4.69, 9.17) is 0 Å². The summed E-state index contributed by atoms with van der Waals surface area (Å²) in [5, 5.41) is 0. The molecule has 0 unspecified atom stereocenters. The van der Waals surface area contributed by atoms with E-state index in [1.807, 2.05) is 0 Å². The smallest absolute Gasteiger partial charge is 0.00695 e. The highest BCUT2D eigenvalue weighted by Crippen LogP contribution is 2.20. The van der Waals surface area contributed by atoms with Crippen LogP contribution in [-0.4, -0.2) is 5.75 Å². The third-order valence-electron chi connectivity index (χ3n) is 5.19. The second-order valence-corrected chi connectivity index (χ2v) is 7.94. The molecular weight excluding hydrogens is 296 g/mol. The van der Waals surface area contributed by atoms with Crippen molar-refractivity contribution in [3.05, 3.63) is 0 Å². The Kier molecular flexibility index (Phi) is 20.7. The number of unbranched alkanes of at least 4 members (excludes halogenated alkanes) is 14. The zero-order valence-corrected chi connectivity index (χ0v) is 17.4. The van der Waals surface area contributed by atoms with Crippen LogP contribution in [0, 0.1) is 5.92 Å². The topological polar surface area (TPSA) is 0 Å². The Bertz CT molecular complexity index is 182. The number of rotatable bonds is 19. The maximum atomic E-state index is 4.58. The van der Waals surface area contributed by atoms with Gasteiger partial charge in [0.25, 0.3) is 0 Å². The van der Waals surface area contributed by atoms with Crippen molar-refractivity contribution in [2.24, 2.45) is 5.92 Å². The molecule has 0 saturated heterocycles. The van der Waals surface area contributed by atoms with Gasteiger partial charge in [-0.05, 0) is 24.5 Å². The van der Waals surface area contributed by atoms with Crippen molar-refractivity contribution in [1.82, 2.24) is 0 Å². The zero-order valence-electron chi connectivity index (χ0n) is 16.5. The second kappa shape index (κ2) is 20.4. The summed E-state index contributed by atoms with van der Waals surface area (Å²) in [5.41, 5.74) is 0. The van der Waals surface area contributed by atoms with E-state index < -0.39 is 0 Å². The first kappa shape index (κ1) is 23.4. The molecule has 0 aliphatic carbocycles. The van der Waals surface area contributed by atoms with Gasteiger partial charge >= 0.3 is 0 Å². The first-order chi connectivity index (χ1) is 11.3. The van der Waals surface area contributed by atoms with Crippen LogP contribution in [0.2, 0.25) is 0 Å². The largest absolute Gasteiger partial charge is 0.179 e. The van der Waals surface area contributed by atoms with Crippen molar-refractivity contribution in [3.63, 3.8) is 0 Å². The molecule has 0 N–H and O–H groups in total. The molecule has 0 aromatic carbocycles. The number of hydrogen-bond donors (Lipinski definition) is 1. The minimum absolute atomic E-state index is 0.888. The van der Waals surface area contributed by atoms with Crippen molar-refractivity contribution in [1.29, 1.82) is 0 Å². The van der Waals surface area contributed by atoms with E-state index in [0.29, 0.717) is 0 Å². The lowest BCUT2D eigenvalue weighted by Gasteiger charge is -2.14. The van der Waals surface area contributed by atoms with E-state index >= 15 is 0 Å². The monoisotopic (exact) mass is 342 g/mol. The lowest BCUT2D eigenvalue weighted by molar-refractivity contribution is 0.436. The van der Waals surface area contributed by atoms with E-state index in [-0.39, 0.29) is 0 Å². The third-order valence-corrected chi connectivity index (χ3v) is 5.71. The van der Waals surface area contributed by atoms with E-state index in [9.17, 15) is 0 Å². The molecule has 23 heavy (non-hydrogen) atoms. The standard InChI is InChI=1S/C22H46S/c1-3-5-7-9-11-13-15-17-19-22(21-23)20-18-16-14-12-10-8-6-4-2/h22-23H,3-21H2,1-2H3. The van der Waals surface area contributed by atoms with Gasteiger partial charge in [0.2, 0.25) is 0 Å². The number of hydrogen-bond acceptors (Lipinski definition) is 1. The van der Waals surface area contributed by atoms with Crippen LogP contribution in [0.25, 0.3) is 0 Å². The Morgan fingerprint density at radius 1 is 0.478 bits per heavy atom. The molecule has 0 rings (SSSR count). The summed E-state index contributed by atoms with van der Waals surface area (Å²) in [6, 6.07) is 0. The lowest BCUT2D eigenvalue weighted by Crippen LogP contribution is -2.02. The first-order valence-corrected chi connectivity index (χ1v) is 11.6. The maximum Gasteiger partial charge on any atom is -0.00695 e. The third kappa shape index (κ3) is 18.5. The van der Waals surface area contributed by atoms with E-state index in [2.05, 4.69) is 26.5 Å². The molecule has 0 fully saturated rings. The second-order valence-electron chi connectivity index (χ2n) is 7.58. The van der Waals surface area contributed by atoms with Gasteiger partial charge in [0, 0.05) is 0 Å². The molecule has 0 heterocycles. The Morgan fingerprint density at radius 3 is 1.09 bits per heavy atom. The van der Waals surface area contributed by atoms with Gasteiger partial charge in [-0.3, -0.25) is 0 Å². The van der Waals surface area contributed by atoms with Gasteiger partial charge in [-0.25, -0.2) is 0 Å². The van der Waals surface area contributed by atoms with Crippen molar-refractivity contribution in [2.75, 3.05) is 5.75 Å². The molecular formula is C22H46S. The highest BCUT2D eigenvalue weighted by molar-refractivity contribution is 7.80. The number of thiol groups is 1. The quantitative estimate of drug-likeness (QED) is 0.176. The molecule has 0 spiro atoms. The van der Waals surface area contributed by atoms with Crippen LogP contribution in [0.1, 0.15) is 129 Å². The molecule has 0 aromatic heterocycles. The zero-order chi connectivity index (χ0) is 17.0. The summed E-state index contributed by atoms with van der Waals surface area (Å²) in [4.78, 5) is 0. The van der Waals surface area contributed by atoms with Gasteiger partial charge < -0.3 is 0 Å². The minimum Gasteiger partial charge on any atom is -0.179 e. The molecule has 0 radical (unpaired) electrons. The van der Waals surface area contributed by atoms with Crippen molar-refractivity contribution in [3.8, 4) is 0 Å². The molecule has 0 nitrogen and oxygen atoms in total. The average Bonchev–Trinajstić information content (AvgIpc) is 2.57. The van der Waals surface area contributed by atoms with E-state index in [1.165, 1.54) is 116 Å².